The zero-order chi connectivity index (χ0) is 14.5. The number of amides is 1. The van der Waals surface area contributed by atoms with Crippen LogP contribution in [0.3, 0.4) is 0 Å². The number of nitrogens with zero attached hydrogens (tertiary/aromatic N) is 2. The van der Waals surface area contributed by atoms with Crippen molar-refractivity contribution in [1.29, 1.82) is 0 Å². The van der Waals surface area contributed by atoms with Crippen LogP contribution in [0.25, 0.3) is 0 Å². The highest BCUT2D eigenvalue weighted by atomic mass is 79.9. The summed E-state index contributed by atoms with van der Waals surface area (Å²) >= 11 is 3.48. The molecule has 0 unspecified atom stereocenters. The van der Waals surface area contributed by atoms with E-state index >= 15 is 0 Å². The molecule has 0 aliphatic carbocycles. The Morgan fingerprint density at radius 2 is 2.00 bits per heavy atom. The zero-order valence-electron chi connectivity index (χ0n) is 12.2. The van der Waals surface area contributed by atoms with Gasteiger partial charge in [0.2, 0.25) is 0 Å². The van der Waals surface area contributed by atoms with Crippen molar-refractivity contribution in [3.8, 4) is 0 Å². The predicted octanol–water partition coefficient (Wildman–Crippen LogP) is 1.73. The van der Waals surface area contributed by atoms with E-state index in [9.17, 15) is 4.79 Å². The molecule has 2 rings (SSSR count). The Labute approximate surface area is 129 Å². The van der Waals surface area contributed by atoms with Crippen LogP contribution in [0.1, 0.15) is 15.9 Å². The summed E-state index contributed by atoms with van der Waals surface area (Å²) in [6, 6.07) is 5.75. The van der Waals surface area contributed by atoms with E-state index in [1.165, 1.54) is 0 Å². The number of rotatable bonds is 4. The summed E-state index contributed by atoms with van der Waals surface area (Å²) in [6.07, 6.45) is 0. The molecule has 0 saturated carbocycles. The van der Waals surface area contributed by atoms with E-state index < -0.39 is 0 Å². The maximum Gasteiger partial charge on any atom is 0.252 e. The number of likely N-dealkylation sites (N-methyl/N-ethyl adjacent to an activating group) is 1. The summed E-state index contributed by atoms with van der Waals surface area (Å²) in [6.45, 7) is 7.99. The van der Waals surface area contributed by atoms with Crippen LogP contribution in [-0.2, 0) is 0 Å². The summed E-state index contributed by atoms with van der Waals surface area (Å²) < 4.78 is 0.886. The third-order valence-electron chi connectivity index (χ3n) is 3.75. The van der Waals surface area contributed by atoms with Crippen molar-refractivity contribution in [3.63, 3.8) is 0 Å². The van der Waals surface area contributed by atoms with E-state index in [0.29, 0.717) is 12.1 Å². The largest absolute Gasteiger partial charge is 0.351 e. The molecule has 1 heterocycles. The number of piperazine rings is 1. The predicted molar refractivity (Wildman–Crippen MR) is 85.1 cm³/mol. The molecule has 4 nitrogen and oxygen atoms in total. The van der Waals surface area contributed by atoms with Crippen LogP contribution in [0.5, 0.6) is 0 Å². The Morgan fingerprint density at radius 3 is 2.70 bits per heavy atom. The van der Waals surface area contributed by atoms with E-state index in [0.717, 1.165) is 42.8 Å². The monoisotopic (exact) mass is 339 g/mol. The summed E-state index contributed by atoms with van der Waals surface area (Å²) in [4.78, 5) is 16.9. The van der Waals surface area contributed by atoms with Gasteiger partial charge < -0.3 is 10.2 Å². The number of carbonyl (C=O) groups is 1. The summed E-state index contributed by atoms with van der Waals surface area (Å²) in [5.74, 6) is -0.00491. The first-order valence-electron chi connectivity index (χ1n) is 7.02. The third kappa shape index (κ3) is 4.04. The Bertz CT molecular complexity index is 470. The molecule has 1 N–H and O–H groups in total. The molecule has 110 valence electrons. The molecule has 1 saturated heterocycles. The summed E-state index contributed by atoms with van der Waals surface area (Å²) in [5.41, 5.74) is 1.79. The van der Waals surface area contributed by atoms with Crippen LogP contribution in [0, 0.1) is 6.92 Å². The van der Waals surface area contributed by atoms with Crippen LogP contribution in [0.15, 0.2) is 22.7 Å². The average molecular weight is 340 g/mol. The Morgan fingerprint density at radius 1 is 1.30 bits per heavy atom. The second-order valence-electron chi connectivity index (χ2n) is 5.34. The number of hydrogen-bond donors (Lipinski definition) is 1. The smallest absolute Gasteiger partial charge is 0.252 e. The molecule has 1 aliphatic heterocycles. The zero-order valence-corrected chi connectivity index (χ0v) is 13.7. The van der Waals surface area contributed by atoms with Crippen LogP contribution in [0.2, 0.25) is 0 Å². The number of hydrogen-bond acceptors (Lipinski definition) is 3. The lowest BCUT2D eigenvalue weighted by Gasteiger charge is -2.32. The fourth-order valence-corrected chi connectivity index (χ4v) is 2.76. The summed E-state index contributed by atoms with van der Waals surface area (Å²) in [5, 5.41) is 3.00. The number of halogens is 1. The van der Waals surface area contributed by atoms with E-state index in [4.69, 9.17) is 0 Å². The fourth-order valence-electron chi connectivity index (χ4n) is 2.32. The van der Waals surface area contributed by atoms with Crippen molar-refractivity contribution in [2.24, 2.45) is 0 Å². The van der Waals surface area contributed by atoms with Gasteiger partial charge in [-0.2, -0.15) is 0 Å². The maximum absolute atomic E-state index is 12.1. The molecule has 0 radical (unpaired) electrons. The first kappa shape index (κ1) is 15.5. The number of aryl methyl sites for hydroxylation is 1. The third-order valence-corrected chi connectivity index (χ3v) is 4.80. The minimum absolute atomic E-state index is 0.00491. The molecule has 5 heteroatoms. The number of benzene rings is 1. The lowest BCUT2D eigenvalue weighted by Crippen LogP contribution is -2.46. The number of nitrogens with one attached hydrogen (secondary N) is 1. The van der Waals surface area contributed by atoms with Gasteiger partial charge in [-0.15, -0.1) is 0 Å². The molecular weight excluding hydrogens is 318 g/mol. The van der Waals surface area contributed by atoms with Gasteiger partial charge >= 0.3 is 0 Å². The SMILES string of the molecule is Cc1cccc(C(=O)NCCN2CCN(C)CC2)c1Br. The van der Waals surface area contributed by atoms with Gasteiger partial charge in [-0.1, -0.05) is 12.1 Å². The Kier molecular flexibility index (Phi) is 5.57. The lowest BCUT2D eigenvalue weighted by atomic mass is 10.1. The first-order chi connectivity index (χ1) is 9.58. The van der Waals surface area contributed by atoms with Crippen LogP contribution in [-0.4, -0.2) is 62.0 Å². The standard InChI is InChI=1S/C15H22BrN3O/c1-12-4-3-5-13(14(12)16)15(20)17-6-7-19-10-8-18(2)9-11-19/h3-5H,6-11H2,1-2H3,(H,17,20). The lowest BCUT2D eigenvalue weighted by molar-refractivity contribution is 0.0940. The van der Waals surface area contributed by atoms with Gasteiger partial charge in [-0.25, -0.2) is 0 Å². The highest BCUT2D eigenvalue weighted by molar-refractivity contribution is 9.10. The molecule has 0 bridgehead atoms. The topological polar surface area (TPSA) is 35.6 Å². The van der Waals surface area contributed by atoms with Crippen LogP contribution in [0.4, 0.5) is 0 Å². The molecule has 1 aliphatic rings. The first-order valence-corrected chi connectivity index (χ1v) is 7.81. The van der Waals surface area contributed by atoms with Crippen molar-refractivity contribution in [1.82, 2.24) is 15.1 Å². The molecular formula is C15H22BrN3O. The van der Waals surface area contributed by atoms with Crippen molar-refractivity contribution < 1.29 is 4.79 Å². The van der Waals surface area contributed by atoms with Crippen LogP contribution >= 0.6 is 15.9 Å². The molecule has 1 aromatic carbocycles. The molecule has 1 fully saturated rings. The van der Waals surface area contributed by atoms with Gasteiger partial charge in [0.05, 0.1) is 5.56 Å². The van der Waals surface area contributed by atoms with Crippen molar-refractivity contribution >= 4 is 21.8 Å². The molecule has 0 atom stereocenters. The molecule has 1 amide bonds. The van der Waals surface area contributed by atoms with E-state index in [-0.39, 0.29) is 5.91 Å². The molecule has 20 heavy (non-hydrogen) atoms. The Balaban J connectivity index is 1.79. The average Bonchev–Trinajstić information content (AvgIpc) is 2.44. The van der Waals surface area contributed by atoms with Crippen molar-refractivity contribution in [2.45, 2.75) is 6.92 Å². The van der Waals surface area contributed by atoms with E-state index in [2.05, 4.69) is 38.1 Å². The molecule has 1 aromatic rings. The van der Waals surface area contributed by atoms with Crippen molar-refractivity contribution in [3.05, 3.63) is 33.8 Å². The molecule has 0 spiro atoms. The van der Waals surface area contributed by atoms with E-state index in [1.54, 1.807) is 0 Å². The van der Waals surface area contributed by atoms with Gasteiger partial charge in [-0.05, 0) is 41.5 Å². The van der Waals surface area contributed by atoms with Gasteiger partial charge in [0.25, 0.3) is 5.91 Å². The van der Waals surface area contributed by atoms with Gasteiger partial charge in [0.15, 0.2) is 0 Å². The fraction of sp³-hybridized carbons (Fsp3) is 0.533. The summed E-state index contributed by atoms with van der Waals surface area (Å²) in [7, 11) is 2.15. The van der Waals surface area contributed by atoms with Crippen molar-refractivity contribution in [2.75, 3.05) is 46.3 Å². The normalized spacial score (nSPS) is 17.1. The second-order valence-corrected chi connectivity index (χ2v) is 6.13. The Hall–Kier alpha value is -0.910. The maximum atomic E-state index is 12.1. The second kappa shape index (κ2) is 7.20. The number of carbonyl (C=O) groups excluding carboxylic acids is 1. The van der Waals surface area contributed by atoms with Gasteiger partial charge in [0, 0.05) is 43.7 Å². The quantitative estimate of drug-likeness (QED) is 0.907. The highest BCUT2D eigenvalue weighted by Gasteiger charge is 2.14. The van der Waals surface area contributed by atoms with Gasteiger partial charge in [0.1, 0.15) is 0 Å². The minimum atomic E-state index is -0.00491. The van der Waals surface area contributed by atoms with E-state index in [1.807, 2.05) is 25.1 Å². The van der Waals surface area contributed by atoms with Gasteiger partial charge in [-0.3, -0.25) is 9.69 Å². The minimum Gasteiger partial charge on any atom is -0.351 e. The molecule has 0 aromatic heterocycles. The highest BCUT2D eigenvalue weighted by Crippen LogP contribution is 2.20. The van der Waals surface area contributed by atoms with Crippen LogP contribution < -0.4 is 5.32 Å².